The number of rotatable bonds is 4. The van der Waals surface area contributed by atoms with Crippen LogP contribution in [0, 0.1) is 11.6 Å². The molecule has 0 amide bonds. The number of anilines is 1. The maximum atomic E-state index is 15.2. The Kier molecular flexibility index (Phi) is 6.51. The van der Waals surface area contributed by atoms with Gasteiger partial charge in [0, 0.05) is 22.3 Å². The molecule has 184 valence electrons. The summed E-state index contributed by atoms with van der Waals surface area (Å²) in [6.07, 6.45) is 4.18. The molecular weight excluding hydrogens is 495 g/mol. The van der Waals surface area contributed by atoms with Gasteiger partial charge in [0.15, 0.2) is 23.1 Å². The predicted octanol–water partition coefficient (Wildman–Crippen LogP) is 6.50. The molecule has 1 aromatic heterocycles. The summed E-state index contributed by atoms with van der Waals surface area (Å²) >= 11 is 12.4. The first-order valence-electron chi connectivity index (χ1n) is 11.5. The van der Waals surface area contributed by atoms with Crippen LogP contribution in [0.5, 0.6) is 11.5 Å². The summed E-state index contributed by atoms with van der Waals surface area (Å²) in [6, 6.07) is 7.66. The molecule has 2 aromatic carbocycles. The van der Waals surface area contributed by atoms with Gasteiger partial charge in [0.05, 0.1) is 5.02 Å². The fourth-order valence-electron chi connectivity index (χ4n) is 4.85. The van der Waals surface area contributed by atoms with Gasteiger partial charge >= 0.3 is 0 Å². The van der Waals surface area contributed by atoms with Crippen LogP contribution in [-0.2, 0) is 6.42 Å². The second-order valence-electron chi connectivity index (χ2n) is 9.11. The molecule has 1 spiro atoms. The number of aromatic nitrogens is 1. The Labute approximate surface area is 212 Å². The van der Waals surface area contributed by atoms with Crippen molar-refractivity contribution >= 4 is 29.0 Å². The molecule has 0 unspecified atom stereocenters. The number of nitrogens with two attached hydrogens (primary N) is 1. The first kappa shape index (κ1) is 24.1. The lowest BCUT2D eigenvalue weighted by Gasteiger charge is -2.41. The summed E-state index contributed by atoms with van der Waals surface area (Å²) < 4.78 is 41.4. The van der Waals surface area contributed by atoms with Crippen LogP contribution in [0.25, 0.3) is 11.1 Å². The lowest BCUT2D eigenvalue weighted by molar-refractivity contribution is 0.0132. The molecule has 1 saturated heterocycles. The van der Waals surface area contributed by atoms with Crippen LogP contribution >= 0.6 is 23.2 Å². The number of nitrogens with zero attached hydrogens (tertiary/aromatic N) is 1. The smallest absolute Gasteiger partial charge is 0.166 e. The molecule has 0 bridgehead atoms. The highest BCUT2D eigenvalue weighted by Gasteiger charge is 2.38. The van der Waals surface area contributed by atoms with Crippen molar-refractivity contribution in [1.29, 1.82) is 0 Å². The van der Waals surface area contributed by atoms with E-state index < -0.39 is 17.7 Å². The lowest BCUT2D eigenvalue weighted by atomic mass is 9.83. The van der Waals surface area contributed by atoms with Gasteiger partial charge in [-0.25, -0.2) is 13.8 Å². The third-order valence-electron chi connectivity index (χ3n) is 6.81. The normalized spacial score (nSPS) is 17.5. The van der Waals surface area contributed by atoms with E-state index >= 15 is 4.39 Å². The van der Waals surface area contributed by atoms with Gasteiger partial charge in [-0.2, -0.15) is 0 Å². The van der Waals surface area contributed by atoms with Gasteiger partial charge in [0.1, 0.15) is 17.5 Å². The molecule has 3 N–H and O–H groups in total. The second-order valence-corrected chi connectivity index (χ2v) is 9.89. The van der Waals surface area contributed by atoms with E-state index in [1.165, 1.54) is 18.2 Å². The zero-order chi connectivity index (χ0) is 24.7. The molecule has 3 aromatic rings. The van der Waals surface area contributed by atoms with Crippen LogP contribution in [0.1, 0.15) is 43.4 Å². The minimum absolute atomic E-state index is 0.115. The zero-order valence-electron chi connectivity index (χ0n) is 19.1. The zero-order valence-corrected chi connectivity index (χ0v) is 20.6. The predicted molar refractivity (Wildman–Crippen MR) is 133 cm³/mol. The van der Waals surface area contributed by atoms with Crippen molar-refractivity contribution in [2.75, 3.05) is 18.8 Å². The average molecular weight is 520 g/mol. The van der Waals surface area contributed by atoms with E-state index in [0.29, 0.717) is 22.4 Å². The van der Waals surface area contributed by atoms with E-state index in [1.54, 1.807) is 19.2 Å². The summed E-state index contributed by atoms with van der Waals surface area (Å²) in [5.41, 5.74) is 8.15. The largest absolute Gasteiger partial charge is 0.484 e. The summed E-state index contributed by atoms with van der Waals surface area (Å²) in [4.78, 5) is 4.23. The molecule has 5 rings (SSSR count). The summed E-state index contributed by atoms with van der Waals surface area (Å²) in [7, 11) is 0. The first-order valence-corrected chi connectivity index (χ1v) is 12.3. The number of halogens is 4. The van der Waals surface area contributed by atoms with Gasteiger partial charge in [-0.1, -0.05) is 23.2 Å². The standard InChI is InChI=1S/C26H25Cl2F2N3O2/c1-14(22-18(27)2-3-19(29)23(22)28)34-21-12-17(13-33-25(21)31)16-10-15-4-5-26(6-8-32-9-7-26)35-24(15)20(30)11-16/h2-3,10-14,32H,4-9H2,1H3,(H2,31,33)/t14-/m1/s1. The van der Waals surface area contributed by atoms with E-state index in [0.717, 1.165) is 44.3 Å². The molecule has 3 heterocycles. The number of nitrogen functional groups attached to an aromatic ring is 1. The first-order chi connectivity index (χ1) is 16.8. The molecular formula is C26H25Cl2F2N3O2. The van der Waals surface area contributed by atoms with Crippen molar-refractivity contribution in [1.82, 2.24) is 10.3 Å². The SMILES string of the molecule is C[C@@H](Oc1cc(-c2cc(F)c3c(c2)CCC2(CCNCC2)O3)cnc1N)c1c(Cl)ccc(F)c1Cl. The fourth-order valence-corrected chi connectivity index (χ4v) is 5.53. The molecule has 9 heteroatoms. The number of fused-ring (bicyclic) bond motifs is 1. The number of benzene rings is 2. The fraction of sp³-hybridized carbons (Fsp3) is 0.346. The Morgan fingerprint density at radius 2 is 1.86 bits per heavy atom. The molecule has 0 aliphatic carbocycles. The van der Waals surface area contributed by atoms with Crippen LogP contribution in [0.4, 0.5) is 14.6 Å². The molecule has 0 saturated carbocycles. The number of aryl methyl sites for hydroxylation is 1. The second kappa shape index (κ2) is 9.45. The maximum Gasteiger partial charge on any atom is 0.166 e. The average Bonchev–Trinajstić information content (AvgIpc) is 2.84. The number of pyridine rings is 1. The van der Waals surface area contributed by atoms with E-state index in [2.05, 4.69) is 10.3 Å². The Bertz CT molecular complexity index is 1280. The highest BCUT2D eigenvalue weighted by Crippen LogP contribution is 2.42. The summed E-state index contributed by atoms with van der Waals surface area (Å²) in [5, 5.41) is 3.49. The van der Waals surface area contributed by atoms with Gasteiger partial charge in [-0.05, 0) is 87.2 Å². The number of hydrogen-bond donors (Lipinski definition) is 2. The number of hydrogen-bond acceptors (Lipinski definition) is 5. The van der Waals surface area contributed by atoms with Crippen molar-refractivity contribution in [2.45, 2.75) is 44.3 Å². The molecule has 2 aliphatic heterocycles. The van der Waals surface area contributed by atoms with Crippen molar-refractivity contribution in [2.24, 2.45) is 0 Å². The van der Waals surface area contributed by atoms with Crippen LogP contribution < -0.4 is 20.5 Å². The highest BCUT2D eigenvalue weighted by atomic mass is 35.5. The van der Waals surface area contributed by atoms with Gasteiger partial charge < -0.3 is 20.5 Å². The van der Waals surface area contributed by atoms with Crippen molar-refractivity contribution < 1.29 is 18.3 Å². The molecule has 2 aliphatic rings. The summed E-state index contributed by atoms with van der Waals surface area (Å²) in [6.45, 7) is 3.43. The third kappa shape index (κ3) is 4.65. The Morgan fingerprint density at radius 1 is 1.09 bits per heavy atom. The van der Waals surface area contributed by atoms with Crippen LogP contribution in [0.2, 0.25) is 10.0 Å². The minimum atomic E-state index is -0.708. The summed E-state index contributed by atoms with van der Waals surface area (Å²) in [5.74, 6) is -0.264. The van der Waals surface area contributed by atoms with Gasteiger partial charge in [0.2, 0.25) is 0 Å². The number of ether oxygens (including phenoxy) is 2. The van der Waals surface area contributed by atoms with Crippen LogP contribution in [-0.4, -0.2) is 23.7 Å². The highest BCUT2D eigenvalue weighted by molar-refractivity contribution is 6.36. The molecule has 1 atom stereocenters. The lowest BCUT2D eigenvalue weighted by Crippen LogP contribution is -2.48. The third-order valence-corrected chi connectivity index (χ3v) is 7.52. The van der Waals surface area contributed by atoms with Crippen LogP contribution in [0.15, 0.2) is 36.5 Å². The van der Waals surface area contributed by atoms with Gasteiger partial charge in [-0.15, -0.1) is 0 Å². The molecule has 35 heavy (non-hydrogen) atoms. The Morgan fingerprint density at radius 3 is 2.63 bits per heavy atom. The van der Waals surface area contributed by atoms with Crippen molar-refractivity contribution in [3.8, 4) is 22.6 Å². The number of piperidine rings is 1. The number of nitrogens with one attached hydrogen (secondary N) is 1. The molecule has 1 fully saturated rings. The Balaban J connectivity index is 1.43. The van der Waals surface area contributed by atoms with Crippen LogP contribution in [0.3, 0.4) is 0 Å². The maximum absolute atomic E-state index is 15.2. The minimum Gasteiger partial charge on any atom is -0.484 e. The molecule has 5 nitrogen and oxygen atoms in total. The topological polar surface area (TPSA) is 69.4 Å². The van der Waals surface area contributed by atoms with Gasteiger partial charge in [0.25, 0.3) is 0 Å². The van der Waals surface area contributed by atoms with Crippen molar-refractivity contribution in [3.05, 3.63) is 69.3 Å². The van der Waals surface area contributed by atoms with Gasteiger partial charge in [-0.3, -0.25) is 0 Å². The van der Waals surface area contributed by atoms with E-state index in [-0.39, 0.29) is 27.2 Å². The quantitative estimate of drug-likeness (QED) is 0.385. The van der Waals surface area contributed by atoms with E-state index in [4.69, 9.17) is 38.4 Å². The van der Waals surface area contributed by atoms with E-state index in [1.807, 2.05) is 6.07 Å². The molecule has 0 radical (unpaired) electrons. The Hall–Kier alpha value is -2.61. The monoisotopic (exact) mass is 519 g/mol. The van der Waals surface area contributed by atoms with E-state index in [9.17, 15) is 4.39 Å². The van der Waals surface area contributed by atoms with Crippen molar-refractivity contribution in [3.63, 3.8) is 0 Å².